The van der Waals surface area contributed by atoms with Crippen LogP contribution in [0.15, 0.2) is 66.8 Å². The van der Waals surface area contributed by atoms with Crippen LogP contribution in [-0.4, -0.2) is 36.5 Å². The van der Waals surface area contributed by atoms with E-state index in [1.54, 1.807) is 0 Å². The van der Waals surface area contributed by atoms with Gasteiger partial charge in [-0.25, -0.2) is 4.58 Å². The smallest absolute Gasteiger partial charge is 0.199 e. The maximum Gasteiger partial charge on any atom is 0.199 e. The van der Waals surface area contributed by atoms with Crippen LogP contribution in [0.25, 0.3) is 0 Å². The number of halogens is 2. The molecule has 3 rings (SSSR count). The summed E-state index contributed by atoms with van der Waals surface area (Å²) in [6.07, 6.45) is 9.09. The predicted molar refractivity (Wildman–Crippen MR) is 136 cm³/mol. The van der Waals surface area contributed by atoms with Gasteiger partial charge in [0.15, 0.2) is 5.71 Å². The number of rotatable bonds is 8. The van der Waals surface area contributed by atoms with E-state index in [4.69, 9.17) is 23.2 Å². The van der Waals surface area contributed by atoms with Crippen molar-refractivity contribution in [2.75, 3.05) is 31.1 Å². The van der Waals surface area contributed by atoms with Crippen molar-refractivity contribution in [3.8, 4) is 0 Å². The van der Waals surface area contributed by atoms with Gasteiger partial charge in [0.1, 0.15) is 13.1 Å². The van der Waals surface area contributed by atoms with Gasteiger partial charge in [0, 0.05) is 52.8 Å². The predicted octanol–water partition coefficient (Wildman–Crippen LogP) is 7.21. The fourth-order valence-electron chi connectivity index (χ4n) is 4.40. The van der Waals surface area contributed by atoms with Crippen LogP contribution in [0.3, 0.4) is 0 Å². The van der Waals surface area contributed by atoms with Gasteiger partial charge in [-0.2, -0.15) is 0 Å². The molecule has 0 bridgehead atoms. The fraction of sp³-hybridized carbons (Fsp3) is 0.370. The fourth-order valence-corrected chi connectivity index (χ4v) is 4.82. The molecule has 1 aliphatic carbocycles. The van der Waals surface area contributed by atoms with Crippen molar-refractivity contribution in [2.45, 2.75) is 33.6 Å². The first-order valence-electron chi connectivity index (χ1n) is 11.3. The highest BCUT2D eigenvalue weighted by Gasteiger charge is 2.26. The Morgan fingerprint density at radius 2 is 1.48 bits per heavy atom. The van der Waals surface area contributed by atoms with Crippen LogP contribution < -0.4 is 4.90 Å². The minimum atomic E-state index is 0.0997. The SMILES string of the molecule is CCN(CC)c1ccc(C(c2cc(Cl)ccc2Cl)C2C=CC(=[N+](CC)CC)C=C2)cc1. The summed E-state index contributed by atoms with van der Waals surface area (Å²) in [6.45, 7) is 12.8. The summed E-state index contributed by atoms with van der Waals surface area (Å²) in [7, 11) is 0. The van der Waals surface area contributed by atoms with E-state index in [1.165, 1.54) is 17.0 Å². The largest absolute Gasteiger partial charge is 0.372 e. The molecule has 2 aromatic rings. The molecular formula is C27H33Cl2N2+. The van der Waals surface area contributed by atoms with Crippen LogP contribution in [0, 0.1) is 5.92 Å². The topological polar surface area (TPSA) is 6.25 Å². The highest BCUT2D eigenvalue weighted by Crippen LogP contribution is 2.40. The maximum atomic E-state index is 6.68. The zero-order chi connectivity index (χ0) is 22.4. The van der Waals surface area contributed by atoms with E-state index in [-0.39, 0.29) is 11.8 Å². The molecule has 2 aromatic carbocycles. The summed E-state index contributed by atoms with van der Waals surface area (Å²) in [6, 6.07) is 14.7. The van der Waals surface area contributed by atoms with E-state index in [0.29, 0.717) is 5.02 Å². The number of allylic oxidation sites excluding steroid dienone is 4. The quantitative estimate of drug-likeness (QED) is 0.381. The van der Waals surface area contributed by atoms with Crippen LogP contribution in [-0.2, 0) is 0 Å². The lowest BCUT2D eigenvalue weighted by Gasteiger charge is -2.27. The van der Waals surface area contributed by atoms with Crippen molar-refractivity contribution in [1.29, 1.82) is 0 Å². The maximum absolute atomic E-state index is 6.68. The highest BCUT2D eigenvalue weighted by molar-refractivity contribution is 6.33. The molecule has 2 nitrogen and oxygen atoms in total. The van der Waals surface area contributed by atoms with Crippen LogP contribution in [0.1, 0.15) is 44.7 Å². The van der Waals surface area contributed by atoms with Crippen molar-refractivity contribution < 1.29 is 4.58 Å². The van der Waals surface area contributed by atoms with Gasteiger partial charge in [0.2, 0.25) is 0 Å². The molecule has 0 aromatic heterocycles. The summed E-state index contributed by atoms with van der Waals surface area (Å²) in [5.74, 6) is 0.303. The van der Waals surface area contributed by atoms with Gasteiger partial charge in [0.05, 0.1) is 0 Å². The summed E-state index contributed by atoms with van der Waals surface area (Å²) >= 11 is 13.1. The van der Waals surface area contributed by atoms with Gasteiger partial charge in [0.25, 0.3) is 0 Å². The second kappa shape index (κ2) is 11.0. The summed E-state index contributed by atoms with van der Waals surface area (Å²) in [5.41, 5.74) is 4.81. The first-order chi connectivity index (χ1) is 15.0. The first kappa shape index (κ1) is 23.6. The second-order valence-corrected chi connectivity index (χ2v) is 8.64. The summed E-state index contributed by atoms with van der Waals surface area (Å²) < 4.78 is 2.36. The van der Waals surface area contributed by atoms with Gasteiger partial charge in [-0.3, -0.25) is 0 Å². The normalized spacial score (nSPS) is 16.5. The van der Waals surface area contributed by atoms with E-state index >= 15 is 0 Å². The third-order valence-electron chi connectivity index (χ3n) is 6.17. The Balaban J connectivity index is 2.03. The molecule has 0 saturated heterocycles. The van der Waals surface area contributed by atoms with Crippen LogP contribution in [0.5, 0.6) is 0 Å². The van der Waals surface area contributed by atoms with Gasteiger partial charge in [-0.1, -0.05) is 47.5 Å². The zero-order valence-electron chi connectivity index (χ0n) is 19.0. The monoisotopic (exact) mass is 455 g/mol. The van der Waals surface area contributed by atoms with Gasteiger partial charge < -0.3 is 4.90 Å². The number of benzene rings is 2. The van der Waals surface area contributed by atoms with Crippen LogP contribution in [0.4, 0.5) is 5.69 Å². The Kier molecular flexibility index (Phi) is 8.40. The molecule has 31 heavy (non-hydrogen) atoms. The van der Waals surface area contributed by atoms with Crippen LogP contribution >= 0.6 is 23.2 Å². The Hall–Kier alpha value is -2.03. The lowest BCUT2D eigenvalue weighted by atomic mass is 9.78. The van der Waals surface area contributed by atoms with E-state index in [0.717, 1.165) is 36.8 Å². The average molecular weight is 456 g/mol. The molecule has 0 spiro atoms. The molecule has 1 unspecified atom stereocenters. The second-order valence-electron chi connectivity index (χ2n) is 7.80. The standard InChI is InChI=1S/C27H33Cl2N2/c1-5-30(6-2)23-14-9-20(10-15-23)27(25-19-22(28)13-18-26(25)29)21-11-16-24(17-12-21)31(7-3)8-4/h9-20,27H,5-8H2,1-4H3/q+1. The molecule has 0 aliphatic heterocycles. The van der Waals surface area contributed by atoms with Crippen molar-refractivity contribution >= 4 is 34.6 Å². The molecule has 164 valence electrons. The van der Waals surface area contributed by atoms with E-state index in [1.807, 2.05) is 18.2 Å². The third-order valence-corrected chi connectivity index (χ3v) is 6.75. The molecule has 1 atom stereocenters. The van der Waals surface area contributed by atoms with E-state index in [9.17, 15) is 0 Å². The van der Waals surface area contributed by atoms with Crippen molar-refractivity contribution in [3.05, 3.63) is 87.9 Å². The molecule has 0 radical (unpaired) electrons. The minimum Gasteiger partial charge on any atom is -0.372 e. The van der Waals surface area contributed by atoms with E-state index in [2.05, 4.69) is 85.7 Å². The number of anilines is 1. The molecule has 0 N–H and O–H groups in total. The van der Waals surface area contributed by atoms with Gasteiger partial charge >= 0.3 is 0 Å². The molecule has 1 aliphatic rings. The Morgan fingerprint density at radius 3 is 2.03 bits per heavy atom. The highest BCUT2D eigenvalue weighted by atomic mass is 35.5. The first-order valence-corrected chi connectivity index (χ1v) is 12.1. The zero-order valence-corrected chi connectivity index (χ0v) is 20.5. The minimum absolute atomic E-state index is 0.0997. The van der Waals surface area contributed by atoms with Crippen LogP contribution in [0.2, 0.25) is 10.0 Å². The Labute approximate surface area is 197 Å². The molecular weight excluding hydrogens is 423 g/mol. The lowest BCUT2D eigenvalue weighted by Crippen LogP contribution is -2.22. The number of nitrogens with zero attached hydrogens (tertiary/aromatic N) is 2. The number of hydrogen-bond acceptors (Lipinski definition) is 1. The van der Waals surface area contributed by atoms with E-state index < -0.39 is 0 Å². The summed E-state index contributed by atoms with van der Waals surface area (Å²) in [4.78, 5) is 2.36. The van der Waals surface area contributed by atoms with Gasteiger partial charge in [-0.05, 0) is 69.2 Å². The molecule has 0 saturated carbocycles. The van der Waals surface area contributed by atoms with Crippen molar-refractivity contribution in [2.24, 2.45) is 5.92 Å². The number of hydrogen-bond donors (Lipinski definition) is 0. The Morgan fingerprint density at radius 1 is 0.871 bits per heavy atom. The van der Waals surface area contributed by atoms with Gasteiger partial charge in [-0.15, -0.1) is 0 Å². The lowest BCUT2D eigenvalue weighted by molar-refractivity contribution is -0.519. The molecule has 0 amide bonds. The average Bonchev–Trinajstić information content (AvgIpc) is 2.80. The summed E-state index contributed by atoms with van der Waals surface area (Å²) in [5, 5.41) is 1.46. The Bertz CT molecular complexity index is 947. The molecule has 4 heteroatoms. The molecule has 0 fully saturated rings. The van der Waals surface area contributed by atoms with Crippen molar-refractivity contribution in [3.63, 3.8) is 0 Å². The third kappa shape index (κ3) is 5.42. The molecule has 0 heterocycles. The van der Waals surface area contributed by atoms with Crippen molar-refractivity contribution in [1.82, 2.24) is 0 Å².